The number of thioether (sulfide) groups is 1. The zero-order valence-electron chi connectivity index (χ0n) is 11.4. The van der Waals surface area contributed by atoms with Crippen LogP contribution in [-0.4, -0.2) is 52.0 Å². The largest absolute Gasteiger partial charge is 0.480 e. The Balaban J connectivity index is 2.16. The Morgan fingerprint density at radius 3 is 3.05 bits per heavy atom. The van der Waals surface area contributed by atoms with Gasteiger partial charge in [-0.2, -0.15) is 0 Å². The van der Waals surface area contributed by atoms with Crippen molar-refractivity contribution in [2.75, 3.05) is 19.5 Å². The molecule has 0 saturated heterocycles. The molecule has 1 aliphatic rings. The van der Waals surface area contributed by atoms with Gasteiger partial charge in [0.25, 0.3) is 11.5 Å². The average molecular weight is 313 g/mol. The van der Waals surface area contributed by atoms with Crippen molar-refractivity contribution in [3.05, 3.63) is 22.1 Å². The van der Waals surface area contributed by atoms with Crippen LogP contribution >= 0.6 is 11.8 Å². The number of ether oxygens (including phenoxy) is 1. The van der Waals surface area contributed by atoms with E-state index in [1.807, 2.05) is 0 Å². The number of carbonyl (C=O) groups is 2. The van der Waals surface area contributed by atoms with E-state index in [0.29, 0.717) is 11.7 Å². The number of carboxylic acids is 1. The Hall–Kier alpha value is -1.87. The molecule has 2 N–H and O–H groups in total. The topological polar surface area (TPSA) is 111 Å². The number of carboxylic acid groups (broad SMARTS) is 1. The second-order valence-corrected chi connectivity index (χ2v) is 5.47. The normalized spacial score (nSPS) is 14.5. The average Bonchev–Trinajstić information content (AvgIpc) is 2.92. The fourth-order valence-electron chi connectivity index (χ4n) is 1.90. The molecule has 0 fully saturated rings. The number of nitrogens with zero attached hydrogens (tertiary/aromatic N) is 2. The van der Waals surface area contributed by atoms with Gasteiger partial charge in [0.05, 0.1) is 0 Å². The van der Waals surface area contributed by atoms with Gasteiger partial charge in [-0.1, -0.05) is 11.8 Å². The van der Waals surface area contributed by atoms with Crippen LogP contribution in [0.15, 0.2) is 16.1 Å². The van der Waals surface area contributed by atoms with Gasteiger partial charge in [-0.25, -0.2) is 9.78 Å². The lowest BCUT2D eigenvalue weighted by Gasteiger charge is -2.14. The second kappa shape index (κ2) is 6.72. The smallest absolute Gasteiger partial charge is 0.326 e. The monoisotopic (exact) mass is 313 g/mol. The molecule has 21 heavy (non-hydrogen) atoms. The quantitative estimate of drug-likeness (QED) is 0.685. The van der Waals surface area contributed by atoms with Gasteiger partial charge in [-0.05, 0) is 0 Å². The maximum atomic E-state index is 12.1. The summed E-state index contributed by atoms with van der Waals surface area (Å²) in [5, 5.41) is 11.9. The van der Waals surface area contributed by atoms with Crippen LogP contribution in [0.4, 0.5) is 0 Å². The second-order valence-electron chi connectivity index (χ2n) is 4.41. The van der Waals surface area contributed by atoms with E-state index in [1.54, 1.807) is 0 Å². The number of amides is 1. The van der Waals surface area contributed by atoms with Crippen molar-refractivity contribution in [1.82, 2.24) is 14.9 Å². The van der Waals surface area contributed by atoms with Crippen molar-refractivity contribution < 1.29 is 19.4 Å². The van der Waals surface area contributed by atoms with Gasteiger partial charge in [-0.15, -0.1) is 0 Å². The molecule has 9 heteroatoms. The number of aromatic nitrogens is 2. The number of hydrogen-bond donors (Lipinski definition) is 2. The first-order chi connectivity index (χ1) is 10.0. The summed E-state index contributed by atoms with van der Waals surface area (Å²) in [6, 6.07) is -1.11. The van der Waals surface area contributed by atoms with E-state index in [9.17, 15) is 14.4 Å². The predicted molar refractivity (Wildman–Crippen MR) is 74.6 cm³/mol. The van der Waals surface area contributed by atoms with E-state index in [1.165, 1.54) is 29.6 Å². The predicted octanol–water partition coefficient (Wildman–Crippen LogP) is -0.432. The van der Waals surface area contributed by atoms with Crippen molar-refractivity contribution in [2.24, 2.45) is 0 Å². The number of nitrogens with one attached hydrogen (secondary N) is 1. The van der Waals surface area contributed by atoms with Gasteiger partial charge in [0, 0.05) is 38.6 Å². The minimum atomic E-state index is -1.18. The number of carbonyl (C=O) groups excluding carboxylic acids is 1. The molecule has 8 nitrogen and oxygen atoms in total. The summed E-state index contributed by atoms with van der Waals surface area (Å²) in [7, 11) is 1.44. The van der Waals surface area contributed by atoms with Crippen molar-refractivity contribution in [3.8, 4) is 0 Å². The fraction of sp³-hybridized carbons (Fsp3) is 0.500. The molecule has 114 valence electrons. The van der Waals surface area contributed by atoms with Gasteiger partial charge in [0.15, 0.2) is 5.16 Å². The van der Waals surface area contributed by atoms with Crippen LogP contribution in [0.3, 0.4) is 0 Å². The third-order valence-electron chi connectivity index (χ3n) is 3.02. The van der Waals surface area contributed by atoms with E-state index in [0.717, 1.165) is 5.75 Å². The SMILES string of the molecule is COCCC(NC(=O)c1cnc2n(c1=O)CCS2)C(=O)O. The molecule has 2 heterocycles. The van der Waals surface area contributed by atoms with Gasteiger partial charge >= 0.3 is 5.97 Å². The zero-order valence-corrected chi connectivity index (χ0v) is 12.2. The number of fused-ring (bicyclic) bond motifs is 1. The van der Waals surface area contributed by atoms with E-state index < -0.39 is 23.5 Å². The number of hydrogen-bond acceptors (Lipinski definition) is 6. The van der Waals surface area contributed by atoms with E-state index in [-0.39, 0.29) is 18.6 Å². The molecule has 2 rings (SSSR count). The molecule has 1 aromatic heterocycles. The molecule has 0 spiro atoms. The third-order valence-corrected chi connectivity index (χ3v) is 3.99. The maximum absolute atomic E-state index is 12.1. The van der Waals surface area contributed by atoms with Crippen LogP contribution < -0.4 is 10.9 Å². The molecule has 1 atom stereocenters. The van der Waals surface area contributed by atoms with E-state index in [2.05, 4.69) is 10.3 Å². The Labute approximate surface area is 124 Å². The van der Waals surface area contributed by atoms with E-state index in [4.69, 9.17) is 9.84 Å². The van der Waals surface area contributed by atoms with Crippen molar-refractivity contribution >= 4 is 23.6 Å². The van der Waals surface area contributed by atoms with Crippen molar-refractivity contribution in [2.45, 2.75) is 24.2 Å². The minimum absolute atomic E-state index is 0.118. The summed E-state index contributed by atoms with van der Waals surface area (Å²) in [6.45, 7) is 0.689. The van der Waals surface area contributed by atoms with E-state index >= 15 is 0 Å². The molecule has 0 bridgehead atoms. The highest BCUT2D eigenvalue weighted by Gasteiger charge is 2.24. The standard InChI is InChI=1S/C12H15N3O5S/c1-20-4-2-8(11(18)19)14-9(16)7-6-13-12-15(10(7)17)3-5-21-12/h6,8H,2-5H2,1H3,(H,14,16)(H,18,19). The molecule has 1 unspecified atom stereocenters. The number of aliphatic carboxylic acids is 1. The zero-order chi connectivity index (χ0) is 15.4. The third kappa shape index (κ3) is 3.42. The highest BCUT2D eigenvalue weighted by atomic mass is 32.2. The molecule has 0 radical (unpaired) electrons. The lowest BCUT2D eigenvalue weighted by molar-refractivity contribution is -0.139. The van der Waals surface area contributed by atoms with Crippen molar-refractivity contribution in [1.29, 1.82) is 0 Å². The van der Waals surface area contributed by atoms with Gasteiger partial charge in [0.1, 0.15) is 11.6 Å². The molecule has 0 aliphatic carbocycles. The van der Waals surface area contributed by atoms with Crippen LogP contribution in [-0.2, 0) is 16.1 Å². The Morgan fingerprint density at radius 1 is 1.62 bits per heavy atom. The first-order valence-corrected chi connectivity index (χ1v) is 7.28. The van der Waals surface area contributed by atoms with Crippen LogP contribution in [0, 0.1) is 0 Å². The lowest BCUT2D eigenvalue weighted by Crippen LogP contribution is -2.43. The van der Waals surface area contributed by atoms with Gasteiger partial charge < -0.3 is 15.2 Å². The molecular formula is C12H15N3O5S. The summed E-state index contributed by atoms with van der Waals surface area (Å²) in [6.07, 6.45) is 1.31. The first kappa shape index (κ1) is 15.5. The minimum Gasteiger partial charge on any atom is -0.480 e. The summed E-state index contributed by atoms with van der Waals surface area (Å²) in [5.74, 6) is -1.17. The Kier molecular flexibility index (Phi) is 4.97. The molecule has 1 aromatic rings. The maximum Gasteiger partial charge on any atom is 0.326 e. The number of methoxy groups -OCH3 is 1. The highest BCUT2D eigenvalue weighted by Crippen LogP contribution is 2.20. The van der Waals surface area contributed by atoms with Gasteiger partial charge in [-0.3, -0.25) is 14.2 Å². The first-order valence-electron chi connectivity index (χ1n) is 6.30. The summed E-state index contributed by atoms with van der Waals surface area (Å²) in [4.78, 5) is 39.3. The van der Waals surface area contributed by atoms with Crippen LogP contribution in [0.2, 0.25) is 0 Å². The molecule has 0 aromatic carbocycles. The molecule has 1 aliphatic heterocycles. The van der Waals surface area contributed by atoms with Crippen molar-refractivity contribution in [3.63, 3.8) is 0 Å². The molecular weight excluding hydrogens is 298 g/mol. The van der Waals surface area contributed by atoms with Crippen LogP contribution in [0.25, 0.3) is 0 Å². The summed E-state index contributed by atoms with van der Waals surface area (Å²) >= 11 is 1.44. The highest BCUT2D eigenvalue weighted by molar-refractivity contribution is 7.99. The number of rotatable bonds is 6. The fourth-order valence-corrected chi connectivity index (χ4v) is 2.82. The molecule has 0 saturated carbocycles. The Bertz CT molecular complexity index is 615. The summed E-state index contributed by atoms with van der Waals surface area (Å²) < 4.78 is 6.22. The van der Waals surface area contributed by atoms with Gasteiger partial charge in [0.2, 0.25) is 0 Å². The van der Waals surface area contributed by atoms with Crippen LogP contribution in [0.5, 0.6) is 0 Å². The lowest BCUT2D eigenvalue weighted by atomic mass is 10.2. The Morgan fingerprint density at radius 2 is 2.38 bits per heavy atom. The molecule has 1 amide bonds. The van der Waals surface area contributed by atoms with Crippen LogP contribution in [0.1, 0.15) is 16.8 Å². The summed E-state index contributed by atoms with van der Waals surface area (Å²) in [5.41, 5.74) is -0.594.